The first-order valence-corrected chi connectivity index (χ1v) is 8.87. The molecule has 0 aromatic heterocycles. The third kappa shape index (κ3) is 4.83. The van der Waals surface area contributed by atoms with Crippen molar-refractivity contribution in [3.05, 3.63) is 70.7 Å². The molecule has 1 aliphatic rings. The molecule has 0 radical (unpaired) electrons. The van der Waals surface area contributed by atoms with Crippen LogP contribution in [-0.2, 0) is 17.8 Å². The maximum Gasteiger partial charge on any atom is 0.222 e. The van der Waals surface area contributed by atoms with E-state index >= 15 is 0 Å². The number of nitrogens with zero attached hydrogens (tertiary/aromatic N) is 2. The second-order valence-corrected chi connectivity index (χ2v) is 6.71. The van der Waals surface area contributed by atoms with Crippen LogP contribution in [0.25, 0.3) is 0 Å². The summed E-state index contributed by atoms with van der Waals surface area (Å²) in [6.45, 7) is 4.42. The molecule has 0 bridgehead atoms. The molecule has 24 heavy (non-hydrogen) atoms. The van der Waals surface area contributed by atoms with Crippen LogP contribution in [0.15, 0.2) is 54.6 Å². The quantitative estimate of drug-likeness (QED) is 0.828. The van der Waals surface area contributed by atoms with E-state index in [1.165, 1.54) is 11.1 Å². The molecule has 4 heteroatoms. The maximum atomic E-state index is 12.4. The van der Waals surface area contributed by atoms with Crippen LogP contribution in [0.2, 0.25) is 5.02 Å². The Morgan fingerprint density at radius 1 is 0.875 bits per heavy atom. The molecule has 0 N–H and O–H groups in total. The zero-order valence-electron chi connectivity index (χ0n) is 13.8. The Morgan fingerprint density at radius 2 is 1.54 bits per heavy atom. The summed E-state index contributed by atoms with van der Waals surface area (Å²) in [7, 11) is 0. The van der Waals surface area contributed by atoms with Crippen molar-refractivity contribution < 1.29 is 4.79 Å². The van der Waals surface area contributed by atoms with Crippen molar-refractivity contribution in [3.63, 3.8) is 0 Å². The second-order valence-electron chi connectivity index (χ2n) is 6.27. The second kappa shape index (κ2) is 8.32. The molecule has 126 valence electrons. The Kier molecular flexibility index (Phi) is 5.89. The van der Waals surface area contributed by atoms with Gasteiger partial charge < -0.3 is 4.90 Å². The molecule has 0 saturated carbocycles. The number of aryl methyl sites for hydroxylation is 1. The van der Waals surface area contributed by atoms with E-state index in [-0.39, 0.29) is 5.91 Å². The van der Waals surface area contributed by atoms with Crippen LogP contribution < -0.4 is 0 Å². The molecule has 3 rings (SSSR count). The summed E-state index contributed by atoms with van der Waals surface area (Å²) < 4.78 is 0. The van der Waals surface area contributed by atoms with E-state index < -0.39 is 0 Å². The van der Waals surface area contributed by atoms with Crippen LogP contribution in [0.4, 0.5) is 0 Å². The number of benzene rings is 2. The third-order valence-corrected chi connectivity index (χ3v) is 4.77. The van der Waals surface area contributed by atoms with E-state index in [0.29, 0.717) is 6.42 Å². The third-order valence-electron chi connectivity index (χ3n) is 4.51. The highest BCUT2D eigenvalue weighted by molar-refractivity contribution is 6.30. The molecule has 2 aromatic rings. The Morgan fingerprint density at radius 3 is 2.21 bits per heavy atom. The van der Waals surface area contributed by atoms with Crippen molar-refractivity contribution in [2.75, 3.05) is 26.2 Å². The van der Waals surface area contributed by atoms with Gasteiger partial charge in [-0.05, 0) is 29.7 Å². The SMILES string of the molecule is O=C(CCc1ccccc1)N1CCN(Cc2ccc(Cl)cc2)CC1. The van der Waals surface area contributed by atoms with E-state index in [0.717, 1.165) is 44.2 Å². The molecule has 1 amide bonds. The van der Waals surface area contributed by atoms with E-state index in [1.807, 2.05) is 35.2 Å². The molecule has 0 atom stereocenters. The fourth-order valence-corrected chi connectivity index (χ4v) is 3.18. The summed E-state index contributed by atoms with van der Waals surface area (Å²) in [4.78, 5) is 16.8. The monoisotopic (exact) mass is 342 g/mol. The molecule has 1 aliphatic heterocycles. The average Bonchev–Trinajstić information content (AvgIpc) is 2.63. The number of carbonyl (C=O) groups excluding carboxylic acids is 1. The van der Waals surface area contributed by atoms with Crippen LogP contribution in [0.5, 0.6) is 0 Å². The van der Waals surface area contributed by atoms with Gasteiger partial charge in [-0.25, -0.2) is 0 Å². The van der Waals surface area contributed by atoms with Crippen molar-refractivity contribution in [3.8, 4) is 0 Å². The lowest BCUT2D eigenvalue weighted by Crippen LogP contribution is -2.48. The van der Waals surface area contributed by atoms with Gasteiger partial charge in [-0.1, -0.05) is 54.1 Å². The molecule has 3 nitrogen and oxygen atoms in total. The zero-order valence-corrected chi connectivity index (χ0v) is 14.6. The van der Waals surface area contributed by atoms with Gasteiger partial charge in [0.1, 0.15) is 0 Å². The highest BCUT2D eigenvalue weighted by Crippen LogP contribution is 2.13. The highest BCUT2D eigenvalue weighted by Gasteiger charge is 2.20. The number of amides is 1. The Labute approximate surface area is 148 Å². The van der Waals surface area contributed by atoms with Crippen LogP contribution >= 0.6 is 11.6 Å². The largest absolute Gasteiger partial charge is 0.340 e. The number of halogens is 1. The van der Waals surface area contributed by atoms with Crippen molar-refractivity contribution in [1.82, 2.24) is 9.80 Å². The molecule has 2 aromatic carbocycles. The van der Waals surface area contributed by atoms with Gasteiger partial charge in [0, 0.05) is 44.2 Å². The van der Waals surface area contributed by atoms with Gasteiger partial charge in [-0.15, -0.1) is 0 Å². The minimum atomic E-state index is 0.269. The van der Waals surface area contributed by atoms with Crippen molar-refractivity contribution in [2.45, 2.75) is 19.4 Å². The van der Waals surface area contributed by atoms with Gasteiger partial charge in [0.25, 0.3) is 0 Å². The molecular weight excluding hydrogens is 320 g/mol. The number of carbonyl (C=O) groups is 1. The first kappa shape index (κ1) is 17.0. The molecule has 0 aliphatic carbocycles. The lowest BCUT2D eigenvalue weighted by atomic mass is 10.1. The fourth-order valence-electron chi connectivity index (χ4n) is 3.06. The van der Waals surface area contributed by atoms with E-state index in [9.17, 15) is 4.79 Å². The predicted octanol–water partition coefficient (Wildman–Crippen LogP) is 3.62. The van der Waals surface area contributed by atoms with Crippen molar-refractivity contribution in [2.24, 2.45) is 0 Å². The Hall–Kier alpha value is -1.84. The minimum absolute atomic E-state index is 0.269. The first-order chi connectivity index (χ1) is 11.7. The molecule has 0 unspecified atom stereocenters. The van der Waals surface area contributed by atoms with Crippen molar-refractivity contribution >= 4 is 17.5 Å². The zero-order chi connectivity index (χ0) is 16.8. The average molecular weight is 343 g/mol. The summed E-state index contributed by atoms with van der Waals surface area (Å²) in [6, 6.07) is 18.2. The number of hydrogen-bond acceptors (Lipinski definition) is 2. The van der Waals surface area contributed by atoms with Crippen LogP contribution in [0.3, 0.4) is 0 Å². The molecule has 1 heterocycles. The molecular formula is C20H23ClN2O. The van der Waals surface area contributed by atoms with E-state index in [2.05, 4.69) is 29.2 Å². The summed E-state index contributed by atoms with van der Waals surface area (Å²) >= 11 is 5.92. The standard InChI is InChI=1S/C20H23ClN2O/c21-19-9-6-18(7-10-19)16-22-12-14-23(15-13-22)20(24)11-8-17-4-2-1-3-5-17/h1-7,9-10H,8,11-16H2. The van der Waals surface area contributed by atoms with Crippen LogP contribution in [0, 0.1) is 0 Å². The van der Waals surface area contributed by atoms with Gasteiger partial charge in [-0.2, -0.15) is 0 Å². The van der Waals surface area contributed by atoms with Gasteiger partial charge in [0.2, 0.25) is 5.91 Å². The summed E-state index contributed by atoms with van der Waals surface area (Å²) in [5, 5.41) is 0.771. The summed E-state index contributed by atoms with van der Waals surface area (Å²) in [5.41, 5.74) is 2.50. The van der Waals surface area contributed by atoms with E-state index in [1.54, 1.807) is 0 Å². The van der Waals surface area contributed by atoms with Gasteiger partial charge in [-0.3, -0.25) is 9.69 Å². The van der Waals surface area contributed by atoms with Crippen LogP contribution in [0.1, 0.15) is 17.5 Å². The smallest absolute Gasteiger partial charge is 0.222 e. The Balaban J connectivity index is 1.42. The highest BCUT2D eigenvalue weighted by atomic mass is 35.5. The molecule has 1 saturated heterocycles. The predicted molar refractivity (Wildman–Crippen MR) is 98.1 cm³/mol. The maximum absolute atomic E-state index is 12.4. The Bertz CT molecular complexity index is 649. The molecule has 1 fully saturated rings. The van der Waals surface area contributed by atoms with Gasteiger partial charge in [0.05, 0.1) is 0 Å². The molecule has 0 spiro atoms. The van der Waals surface area contributed by atoms with Gasteiger partial charge >= 0.3 is 0 Å². The van der Waals surface area contributed by atoms with E-state index in [4.69, 9.17) is 11.6 Å². The van der Waals surface area contributed by atoms with Gasteiger partial charge in [0.15, 0.2) is 0 Å². The number of rotatable bonds is 5. The van der Waals surface area contributed by atoms with Crippen molar-refractivity contribution in [1.29, 1.82) is 0 Å². The minimum Gasteiger partial charge on any atom is -0.340 e. The van der Waals surface area contributed by atoms with Crippen LogP contribution in [-0.4, -0.2) is 41.9 Å². The lowest BCUT2D eigenvalue weighted by Gasteiger charge is -2.34. The normalized spacial score (nSPS) is 15.5. The number of piperazine rings is 1. The number of hydrogen-bond donors (Lipinski definition) is 0. The fraction of sp³-hybridized carbons (Fsp3) is 0.350. The summed E-state index contributed by atoms with van der Waals surface area (Å²) in [6.07, 6.45) is 1.42. The summed E-state index contributed by atoms with van der Waals surface area (Å²) in [5.74, 6) is 0.269. The lowest BCUT2D eigenvalue weighted by molar-refractivity contribution is -0.133. The topological polar surface area (TPSA) is 23.6 Å². The first-order valence-electron chi connectivity index (χ1n) is 8.49.